The van der Waals surface area contributed by atoms with Crippen molar-refractivity contribution in [2.75, 3.05) is 6.54 Å². The predicted octanol–water partition coefficient (Wildman–Crippen LogP) is 0.596. The maximum absolute atomic E-state index is 3.87. The molecule has 0 radical (unpaired) electrons. The van der Waals surface area contributed by atoms with E-state index in [0.29, 0.717) is 0 Å². The Labute approximate surface area is 119 Å². The first kappa shape index (κ1) is 17.5. The van der Waals surface area contributed by atoms with Crippen molar-refractivity contribution >= 4 is 0 Å². The zero-order valence-electron chi connectivity index (χ0n) is 11.5. The van der Waals surface area contributed by atoms with Gasteiger partial charge in [0.25, 0.3) is 0 Å². The normalized spacial score (nSPS) is 10.1. The van der Waals surface area contributed by atoms with E-state index < -0.39 is 0 Å². The largest absolute Gasteiger partial charge is 1.00 e. The molecule has 0 aliphatic rings. The van der Waals surface area contributed by atoms with Crippen LogP contribution in [0.25, 0.3) is 0 Å². The minimum atomic E-state index is 0. The molecule has 0 aliphatic heterocycles. The lowest BCUT2D eigenvalue weighted by Gasteiger charge is -2.02. The van der Waals surface area contributed by atoms with E-state index in [1.165, 1.54) is 63.4 Å². The first-order valence-electron chi connectivity index (χ1n) is 7.26. The lowest BCUT2D eigenvalue weighted by atomic mass is 10.0. The van der Waals surface area contributed by atoms with Gasteiger partial charge in [-0.2, -0.15) is 0 Å². The van der Waals surface area contributed by atoms with Gasteiger partial charge in [-0.15, -0.1) is 0 Å². The van der Waals surface area contributed by atoms with Crippen LogP contribution < -0.4 is 18.1 Å². The third-order valence-corrected chi connectivity index (χ3v) is 3.31. The van der Waals surface area contributed by atoms with E-state index in [2.05, 4.69) is 36.1 Å². The molecule has 1 rings (SSSR count). The molecular formula is C16H28ClN. The van der Waals surface area contributed by atoms with Crippen molar-refractivity contribution in [2.24, 2.45) is 0 Å². The standard InChI is InChI=1S/C16H27N.ClH/c17-15-11-6-4-2-1-3-5-8-12-16-13-9-7-10-14-16;/h7,9-10,13-14H,1-6,8,11-12,15,17H2;1H. The van der Waals surface area contributed by atoms with E-state index in [4.69, 9.17) is 0 Å². The monoisotopic (exact) mass is 269 g/mol. The number of aryl methyl sites for hydroxylation is 1. The van der Waals surface area contributed by atoms with Crippen molar-refractivity contribution in [1.29, 1.82) is 0 Å². The smallest absolute Gasteiger partial charge is 0.0739 e. The van der Waals surface area contributed by atoms with Crippen LogP contribution in [0, 0.1) is 0 Å². The molecule has 0 aliphatic carbocycles. The minimum Gasteiger partial charge on any atom is -1.00 e. The Bertz CT molecular complexity index is 261. The van der Waals surface area contributed by atoms with Gasteiger partial charge in [-0.3, -0.25) is 0 Å². The molecule has 0 bridgehead atoms. The Morgan fingerprint density at radius 3 is 1.72 bits per heavy atom. The number of hydrogen-bond acceptors (Lipinski definition) is 0. The highest BCUT2D eigenvalue weighted by Gasteiger charge is 1.94. The molecule has 1 nitrogen and oxygen atoms in total. The highest BCUT2D eigenvalue weighted by Crippen LogP contribution is 2.10. The maximum Gasteiger partial charge on any atom is 0.0739 e. The zero-order valence-corrected chi connectivity index (χ0v) is 12.3. The van der Waals surface area contributed by atoms with Crippen LogP contribution in [-0.4, -0.2) is 6.54 Å². The fraction of sp³-hybridized carbons (Fsp3) is 0.625. The Morgan fingerprint density at radius 2 is 1.17 bits per heavy atom. The highest BCUT2D eigenvalue weighted by molar-refractivity contribution is 5.14. The zero-order chi connectivity index (χ0) is 12.2. The number of hydrogen-bond donors (Lipinski definition) is 1. The summed E-state index contributed by atoms with van der Waals surface area (Å²) in [6, 6.07) is 10.8. The number of quaternary nitrogens is 1. The Kier molecular flexibility index (Phi) is 12.5. The maximum atomic E-state index is 3.87. The molecule has 0 atom stereocenters. The fourth-order valence-electron chi connectivity index (χ4n) is 2.21. The van der Waals surface area contributed by atoms with E-state index in [9.17, 15) is 0 Å². The van der Waals surface area contributed by atoms with Gasteiger partial charge in [-0.25, -0.2) is 0 Å². The molecule has 0 unspecified atom stereocenters. The van der Waals surface area contributed by atoms with Crippen LogP contribution in [0.4, 0.5) is 0 Å². The summed E-state index contributed by atoms with van der Waals surface area (Å²) in [5.41, 5.74) is 5.36. The van der Waals surface area contributed by atoms with Gasteiger partial charge in [-0.1, -0.05) is 62.4 Å². The number of rotatable bonds is 10. The molecule has 0 aromatic heterocycles. The molecule has 2 heteroatoms. The summed E-state index contributed by atoms with van der Waals surface area (Å²) in [5, 5.41) is 0. The fourth-order valence-corrected chi connectivity index (χ4v) is 2.21. The van der Waals surface area contributed by atoms with E-state index in [-0.39, 0.29) is 12.4 Å². The van der Waals surface area contributed by atoms with E-state index >= 15 is 0 Å². The topological polar surface area (TPSA) is 27.6 Å². The lowest BCUT2D eigenvalue weighted by Crippen LogP contribution is -3.00. The molecule has 0 heterocycles. The van der Waals surface area contributed by atoms with Gasteiger partial charge in [0.2, 0.25) is 0 Å². The van der Waals surface area contributed by atoms with Gasteiger partial charge in [0.05, 0.1) is 6.54 Å². The van der Waals surface area contributed by atoms with E-state index in [1.807, 2.05) is 0 Å². The highest BCUT2D eigenvalue weighted by atomic mass is 35.5. The van der Waals surface area contributed by atoms with E-state index in [0.717, 1.165) is 6.54 Å². The molecule has 0 fully saturated rings. The second kappa shape index (κ2) is 12.9. The molecule has 0 spiro atoms. The Morgan fingerprint density at radius 1 is 0.667 bits per heavy atom. The molecule has 1 aromatic carbocycles. The number of unbranched alkanes of at least 4 members (excludes halogenated alkanes) is 7. The van der Waals surface area contributed by atoms with Crippen molar-refractivity contribution in [3.63, 3.8) is 0 Å². The van der Waals surface area contributed by atoms with Crippen LogP contribution in [0.3, 0.4) is 0 Å². The second-order valence-electron chi connectivity index (χ2n) is 4.92. The Balaban J connectivity index is 0.00000289. The van der Waals surface area contributed by atoms with Crippen molar-refractivity contribution in [1.82, 2.24) is 0 Å². The van der Waals surface area contributed by atoms with Gasteiger partial charge in [-0.05, 0) is 31.2 Å². The second-order valence-corrected chi connectivity index (χ2v) is 4.92. The molecule has 0 amide bonds. The van der Waals surface area contributed by atoms with Gasteiger partial charge >= 0.3 is 0 Å². The number of benzene rings is 1. The average Bonchev–Trinajstić information content (AvgIpc) is 2.38. The molecular weight excluding hydrogens is 242 g/mol. The summed E-state index contributed by atoms with van der Waals surface area (Å²) in [5.74, 6) is 0. The summed E-state index contributed by atoms with van der Waals surface area (Å²) in [4.78, 5) is 0. The van der Waals surface area contributed by atoms with Crippen LogP contribution >= 0.6 is 0 Å². The summed E-state index contributed by atoms with van der Waals surface area (Å²) >= 11 is 0. The van der Waals surface area contributed by atoms with Crippen molar-refractivity contribution in [3.05, 3.63) is 35.9 Å². The van der Waals surface area contributed by atoms with Gasteiger partial charge in [0.1, 0.15) is 0 Å². The van der Waals surface area contributed by atoms with E-state index in [1.54, 1.807) is 0 Å². The lowest BCUT2D eigenvalue weighted by molar-refractivity contribution is -0.368. The number of halogens is 1. The molecule has 0 saturated carbocycles. The first-order valence-corrected chi connectivity index (χ1v) is 7.26. The molecule has 18 heavy (non-hydrogen) atoms. The summed E-state index contributed by atoms with van der Waals surface area (Å²) < 4.78 is 0. The van der Waals surface area contributed by atoms with Crippen LogP contribution in [0.15, 0.2) is 30.3 Å². The first-order chi connectivity index (χ1) is 8.43. The molecule has 1 aromatic rings. The van der Waals surface area contributed by atoms with Crippen molar-refractivity contribution in [3.8, 4) is 0 Å². The third kappa shape index (κ3) is 9.49. The van der Waals surface area contributed by atoms with Crippen LogP contribution in [0.2, 0.25) is 0 Å². The molecule has 3 N–H and O–H groups in total. The van der Waals surface area contributed by atoms with Crippen LogP contribution in [0.5, 0.6) is 0 Å². The summed E-state index contributed by atoms with van der Waals surface area (Å²) in [7, 11) is 0. The van der Waals surface area contributed by atoms with Crippen LogP contribution in [0.1, 0.15) is 56.9 Å². The molecule has 0 saturated heterocycles. The quantitative estimate of drug-likeness (QED) is 0.603. The van der Waals surface area contributed by atoms with Gasteiger partial charge in [0, 0.05) is 0 Å². The summed E-state index contributed by atoms with van der Waals surface area (Å²) in [6.45, 7) is 1.11. The Hall–Kier alpha value is -0.530. The van der Waals surface area contributed by atoms with Gasteiger partial charge in [0.15, 0.2) is 0 Å². The van der Waals surface area contributed by atoms with Gasteiger partial charge < -0.3 is 18.1 Å². The van der Waals surface area contributed by atoms with Crippen LogP contribution in [-0.2, 0) is 6.42 Å². The SMILES string of the molecule is [Cl-].[NH3+]CCCCCCCCCCc1ccccc1. The third-order valence-electron chi connectivity index (χ3n) is 3.31. The van der Waals surface area contributed by atoms with Crippen molar-refractivity contribution in [2.45, 2.75) is 57.8 Å². The average molecular weight is 270 g/mol. The predicted molar refractivity (Wildman–Crippen MR) is 74.8 cm³/mol. The summed E-state index contributed by atoms with van der Waals surface area (Å²) in [6.07, 6.45) is 12.4. The minimum absolute atomic E-state index is 0. The molecule has 104 valence electrons. The van der Waals surface area contributed by atoms with Crippen molar-refractivity contribution < 1.29 is 18.1 Å².